The monoisotopic (exact) mass is 701 g/mol. The van der Waals surface area contributed by atoms with Crippen molar-refractivity contribution in [2.75, 3.05) is 4.90 Å². The quantitative estimate of drug-likeness (QED) is 0.155. The number of anilines is 3. The normalized spacial score (nSPS) is 11.3. The molecule has 258 valence electrons. The molecule has 0 atom stereocenters. The molecule has 3 nitrogen and oxygen atoms in total. The predicted molar refractivity (Wildman–Crippen MR) is 231 cm³/mol. The van der Waals surface area contributed by atoms with E-state index in [2.05, 4.69) is 205 Å². The lowest BCUT2D eigenvalue weighted by Crippen LogP contribution is -2.10. The Bertz CT molecular complexity index is 2910. The molecule has 0 unspecified atom stereocenters. The molecule has 0 radical (unpaired) electrons. The Morgan fingerprint density at radius 1 is 0.309 bits per heavy atom. The van der Waals surface area contributed by atoms with Gasteiger partial charge in [-0.2, -0.15) is 0 Å². The molecule has 1 aromatic heterocycles. The maximum absolute atomic E-state index is 5.45. The summed E-state index contributed by atoms with van der Waals surface area (Å²) in [7, 11) is 0. The van der Waals surface area contributed by atoms with Crippen LogP contribution in [0.2, 0.25) is 0 Å². The van der Waals surface area contributed by atoms with Crippen molar-refractivity contribution in [1.82, 2.24) is 9.97 Å². The van der Waals surface area contributed by atoms with Gasteiger partial charge in [-0.05, 0) is 93.0 Å². The molecule has 10 aromatic rings. The van der Waals surface area contributed by atoms with E-state index in [0.717, 1.165) is 88.8 Å². The van der Waals surface area contributed by atoms with Crippen LogP contribution in [0.25, 0.3) is 77.3 Å². The Balaban J connectivity index is 1.17. The van der Waals surface area contributed by atoms with Gasteiger partial charge in [0.05, 0.1) is 22.4 Å². The van der Waals surface area contributed by atoms with E-state index in [1.54, 1.807) is 0 Å². The lowest BCUT2D eigenvalue weighted by atomic mass is 9.94. The molecule has 1 heterocycles. The average Bonchev–Trinajstić information content (AvgIpc) is 3.27. The second-order valence-corrected chi connectivity index (χ2v) is 13.8. The fourth-order valence-electron chi connectivity index (χ4n) is 7.75. The molecule has 0 N–H and O–H groups in total. The van der Waals surface area contributed by atoms with Crippen LogP contribution in [0.1, 0.15) is 0 Å². The molecular weight excluding hydrogens is 667 g/mol. The van der Waals surface area contributed by atoms with E-state index in [4.69, 9.17) is 9.97 Å². The first-order chi connectivity index (χ1) is 27.3. The first kappa shape index (κ1) is 32.3. The van der Waals surface area contributed by atoms with E-state index < -0.39 is 0 Å². The highest BCUT2D eigenvalue weighted by Crippen LogP contribution is 2.41. The molecule has 0 fully saturated rings. The smallest absolute Gasteiger partial charge is 0.0979 e. The minimum Gasteiger partial charge on any atom is -0.310 e. The maximum atomic E-state index is 5.45. The van der Waals surface area contributed by atoms with E-state index >= 15 is 0 Å². The average molecular weight is 702 g/mol. The summed E-state index contributed by atoms with van der Waals surface area (Å²) in [5.41, 5.74) is 13.6. The Morgan fingerprint density at radius 3 is 1.40 bits per heavy atom. The summed E-state index contributed by atoms with van der Waals surface area (Å²) in [6.07, 6.45) is 0. The number of nitrogens with zero attached hydrogens (tertiary/aromatic N) is 3. The molecule has 9 aromatic carbocycles. The minimum atomic E-state index is 0.879. The third-order valence-corrected chi connectivity index (χ3v) is 10.4. The number of hydrogen-bond donors (Lipinski definition) is 0. The summed E-state index contributed by atoms with van der Waals surface area (Å²) < 4.78 is 0. The van der Waals surface area contributed by atoms with Gasteiger partial charge in [0.15, 0.2) is 0 Å². The van der Waals surface area contributed by atoms with Crippen LogP contribution in [-0.2, 0) is 0 Å². The van der Waals surface area contributed by atoms with Crippen molar-refractivity contribution in [3.8, 4) is 44.8 Å². The molecule has 3 heteroatoms. The number of para-hydroxylation sites is 2. The van der Waals surface area contributed by atoms with E-state index in [9.17, 15) is 0 Å². The molecule has 0 amide bonds. The first-order valence-corrected chi connectivity index (χ1v) is 18.7. The summed E-state index contributed by atoms with van der Waals surface area (Å²) in [6.45, 7) is 0. The molecule has 0 aliphatic rings. The highest BCUT2D eigenvalue weighted by Gasteiger charge is 2.18. The van der Waals surface area contributed by atoms with Crippen LogP contribution >= 0.6 is 0 Å². The summed E-state index contributed by atoms with van der Waals surface area (Å²) in [5.74, 6) is 0. The zero-order chi connectivity index (χ0) is 36.6. The molecule has 0 aliphatic heterocycles. The van der Waals surface area contributed by atoms with Crippen molar-refractivity contribution in [1.29, 1.82) is 0 Å². The van der Waals surface area contributed by atoms with Crippen LogP contribution in [0, 0.1) is 0 Å². The lowest BCUT2D eigenvalue weighted by molar-refractivity contribution is 1.28. The van der Waals surface area contributed by atoms with Gasteiger partial charge in [-0.3, -0.25) is 0 Å². The molecule has 0 spiro atoms. The summed E-state index contributed by atoms with van der Waals surface area (Å²) in [6, 6.07) is 75.1. The second kappa shape index (κ2) is 13.9. The topological polar surface area (TPSA) is 29.0 Å². The zero-order valence-electron chi connectivity index (χ0n) is 30.0. The fraction of sp³-hybridized carbons (Fsp3) is 0. The van der Waals surface area contributed by atoms with Gasteiger partial charge < -0.3 is 4.90 Å². The molecule has 55 heavy (non-hydrogen) atoms. The number of rotatable bonds is 7. The van der Waals surface area contributed by atoms with E-state index in [-0.39, 0.29) is 0 Å². The van der Waals surface area contributed by atoms with Crippen LogP contribution in [0.3, 0.4) is 0 Å². The fourth-order valence-corrected chi connectivity index (χ4v) is 7.75. The minimum absolute atomic E-state index is 0.879. The van der Waals surface area contributed by atoms with E-state index in [1.165, 1.54) is 5.56 Å². The van der Waals surface area contributed by atoms with Crippen LogP contribution in [0.4, 0.5) is 17.1 Å². The standard InChI is InChI=1S/C52H35N3/c1-6-16-36(17-7-1)42-33-43(35-46(34-42)55(44-22-12-4-13-23-44)45-24-14-5-15-25-45)40-28-30-47-41(32-40)27-26-37-29-31-48-52(49(37)47)54-51(39-20-10-3-11-21-39)50(53-48)38-18-8-2-9-19-38/h1-35H. The number of fused-ring (bicyclic) bond motifs is 5. The van der Waals surface area contributed by atoms with Gasteiger partial charge >= 0.3 is 0 Å². The highest BCUT2D eigenvalue weighted by atomic mass is 15.1. The Hall–Kier alpha value is -7.36. The van der Waals surface area contributed by atoms with Gasteiger partial charge in [0, 0.05) is 33.6 Å². The van der Waals surface area contributed by atoms with Crippen molar-refractivity contribution in [2.45, 2.75) is 0 Å². The van der Waals surface area contributed by atoms with Gasteiger partial charge in [-0.25, -0.2) is 9.97 Å². The third kappa shape index (κ3) is 6.08. The number of benzene rings is 9. The van der Waals surface area contributed by atoms with Gasteiger partial charge in [-0.15, -0.1) is 0 Å². The van der Waals surface area contributed by atoms with Gasteiger partial charge in [0.1, 0.15) is 0 Å². The third-order valence-electron chi connectivity index (χ3n) is 10.4. The molecule has 0 bridgehead atoms. The maximum Gasteiger partial charge on any atom is 0.0979 e. The Labute approximate surface area is 320 Å². The van der Waals surface area contributed by atoms with Gasteiger partial charge in [-0.1, -0.05) is 158 Å². The van der Waals surface area contributed by atoms with Crippen molar-refractivity contribution in [3.63, 3.8) is 0 Å². The summed E-state index contributed by atoms with van der Waals surface area (Å²) in [5, 5.41) is 4.57. The Kier molecular flexibility index (Phi) is 8.16. The van der Waals surface area contributed by atoms with Crippen molar-refractivity contribution in [2.24, 2.45) is 0 Å². The molecule has 0 saturated heterocycles. The van der Waals surface area contributed by atoms with E-state index in [0.29, 0.717) is 0 Å². The highest BCUT2D eigenvalue weighted by molar-refractivity contribution is 6.19. The van der Waals surface area contributed by atoms with Crippen molar-refractivity contribution in [3.05, 3.63) is 212 Å². The van der Waals surface area contributed by atoms with Crippen LogP contribution in [-0.4, -0.2) is 9.97 Å². The molecular formula is C52H35N3. The SMILES string of the molecule is c1ccc(-c2cc(-c3ccc4c(ccc5ccc6nc(-c7ccccc7)c(-c7ccccc7)nc6c54)c3)cc(N(c3ccccc3)c3ccccc3)c2)cc1. The molecule has 0 aliphatic carbocycles. The predicted octanol–water partition coefficient (Wildman–Crippen LogP) is 14.1. The second-order valence-electron chi connectivity index (χ2n) is 13.8. The van der Waals surface area contributed by atoms with Crippen LogP contribution < -0.4 is 4.90 Å². The van der Waals surface area contributed by atoms with Crippen LogP contribution in [0.5, 0.6) is 0 Å². The number of aromatic nitrogens is 2. The largest absolute Gasteiger partial charge is 0.310 e. The van der Waals surface area contributed by atoms with E-state index in [1.807, 2.05) is 12.1 Å². The molecule has 0 saturated carbocycles. The lowest BCUT2D eigenvalue weighted by Gasteiger charge is -2.27. The van der Waals surface area contributed by atoms with Crippen LogP contribution in [0.15, 0.2) is 212 Å². The van der Waals surface area contributed by atoms with Crippen molar-refractivity contribution < 1.29 is 0 Å². The summed E-state index contributed by atoms with van der Waals surface area (Å²) >= 11 is 0. The van der Waals surface area contributed by atoms with Crippen molar-refractivity contribution >= 4 is 49.6 Å². The molecule has 10 rings (SSSR count). The van der Waals surface area contributed by atoms with Gasteiger partial charge in [0.2, 0.25) is 0 Å². The zero-order valence-corrected chi connectivity index (χ0v) is 30.0. The first-order valence-electron chi connectivity index (χ1n) is 18.7. The van der Waals surface area contributed by atoms with Gasteiger partial charge in [0.25, 0.3) is 0 Å². The summed E-state index contributed by atoms with van der Waals surface area (Å²) in [4.78, 5) is 13.1. The Morgan fingerprint density at radius 2 is 0.800 bits per heavy atom. The number of hydrogen-bond acceptors (Lipinski definition) is 3.